The molecule has 1 amide bonds. The standard InChI is InChI=1S/C19H15ClN6O3S/c1-12-8-9-26-11-15(22-18(26)10-12)19(27)21-13-2-4-14(5-3-13)30(28,29)25-17-7-6-16(20)23-24-17/h2-11H,1H3,(H,21,27)(H,24,25). The Morgan fingerprint density at radius 1 is 1.07 bits per heavy atom. The van der Waals surface area contributed by atoms with Gasteiger partial charge in [0.2, 0.25) is 0 Å². The number of carbonyl (C=O) groups is 1. The highest BCUT2D eigenvalue weighted by Gasteiger charge is 2.16. The number of carbonyl (C=O) groups excluding carboxylic acids is 1. The zero-order chi connectivity index (χ0) is 21.3. The fourth-order valence-electron chi connectivity index (χ4n) is 2.67. The number of amides is 1. The van der Waals surface area contributed by atoms with Crippen molar-refractivity contribution >= 4 is 44.7 Å². The monoisotopic (exact) mass is 442 g/mol. The van der Waals surface area contributed by atoms with Gasteiger partial charge in [-0.1, -0.05) is 11.6 Å². The molecule has 0 aliphatic heterocycles. The van der Waals surface area contributed by atoms with Gasteiger partial charge in [-0.25, -0.2) is 13.4 Å². The molecule has 2 N–H and O–H groups in total. The molecule has 152 valence electrons. The highest BCUT2D eigenvalue weighted by molar-refractivity contribution is 7.92. The predicted octanol–water partition coefficient (Wildman–Crippen LogP) is 3.14. The molecule has 0 saturated heterocycles. The number of hydrogen-bond donors (Lipinski definition) is 2. The van der Waals surface area contributed by atoms with E-state index >= 15 is 0 Å². The summed E-state index contributed by atoms with van der Waals surface area (Å²) in [5, 5.41) is 10.1. The van der Waals surface area contributed by atoms with Crippen LogP contribution in [0, 0.1) is 6.92 Å². The number of halogens is 1. The number of nitrogens with one attached hydrogen (secondary N) is 2. The van der Waals surface area contributed by atoms with Gasteiger partial charge in [-0.2, -0.15) is 0 Å². The highest BCUT2D eigenvalue weighted by Crippen LogP contribution is 2.18. The van der Waals surface area contributed by atoms with Crippen LogP contribution in [-0.4, -0.2) is 33.9 Å². The summed E-state index contributed by atoms with van der Waals surface area (Å²) in [6, 6.07) is 12.3. The van der Waals surface area contributed by atoms with Gasteiger partial charge in [-0.15, -0.1) is 10.2 Å². The first kappa shape index (κ1) is 19.8. The van der Waals surface area contributed by atoms with Gasteiger partial charge in [0.1, 0.15) is 11.3 Å². The Morgan fingerprint density at radius 3 is 2.53 bits per heavy atom. The molecule has 0 atom stereocenters. The maximum absolute atomic E-state index is 12.5. The summed E-state index contributed by atoms with van der Waals surface area (Å²) < 4.78 is 29.0. The second kappa shape index (κ2) is 7.73. The van der Waals surface area contributed by atoms with E-state index < -0.39 is 15.9 Å². The molecule has 0 fully saturated rings. The van der Waals surface area contributed by atoms with Crippen molar-refractivity contribution in [3.05, 3.63) is 77.3 Å². The van der Waals surface area contributed by atoms with Gasteiger partial charge in [-0.05, 0) is 61.0 Å². The molecule has 3 heterocycles. The van der Waals surface area contributed by atoms with Crippen molar-refractivity contribution in [3.63, 3.8) is 0 Å². The number of aromatic nitrogens is 4. The van der Waals surface area contributed by atoms with E-state index in [0.717, 1.165) is 5.56 Å². The third-order valence-electron chi connectivity index (χ3n) is 4.14. The van der Waals surface area contributed by atoms with Gasteiger partial charge in [0, 0.05) is 18.1 Å². The fraction of sp³-hybridized carbons (Fsp3) is 0.0526. The van der Waals surface area contributed by atoms with Crippen molar-refractivity contribution in [2.24, 2.45) is 0 Å². The lowest BCUT2D eigenvalue weighted by Crippen LogP contribution is -2.15. The number of fused-ring (bicyclic) bond motifs is 1. The normalized spacial score (nSPS) is 11.4. The minimum Gasteiger partial charge on any atom is -0.321 e. The van der Waals surface area contributed by atoms with Crippen LogP contribution in [0.3, 0.4) is 0 Å². The van der Waals surface area contributed by atoms with E-state index in [-0.39, 0.29) is 21.6 Å². The third kappa shape index (κ3) is 4.24. The van der Waals surface area contributed by atoms with E-state index in [2.05, 4.69) is 25.2 Å². The maximum Gasteiger partial charge on any atom is 0.275 e. The van der Waals surface area contributed by atoms with E-state index in [4.69, 9.17) is 11.6 Å². The number of sulfonamides is 1. The molecule has 11 heteroatoms. The number of nitrogens with zero attached hydrogens (tertiary/aromatic N) is 4. The Bertz CT molecular complexity index is 1340. The van der Waals surface area contributed by atoms with Crippen molar-refractivity contribution in [2.75, 3.05) is 10.0 Å². The topological polar surface area (TPSA) is 118 Å². The summed E-state index contributed by atoms with van der Waals surface area (Å²) in [5.41, 5.74) is 2.38. The van der Waals surface area contributed by atoms with Crippen molar-refractivity contribution in [1.82, 2.24) is 19.6 Å². The molecular formula is C19H15ClN6O3S. The summed E-state index contributed by atoms with van der Waals surface area (Å²) in [4.78, 5) is 16.8. The molecule has 0 bridgehead atoms. The second-order valence-electron chi connectivity index (χ2n) is 6.42. The summed E-state index contributed by atoms with van der Waals surface area (Å²) in [7, 11) is -3.87. The van der Waals surface area contributed by atoms with Gasteiger partial charge < -0.3 is 9.72 Å². The average Bonchev–Trinajstić information content (AvgIpc) is 3.13. The zero-order valence-electron chi connectivity index (χ0n) is 15.6. The first-order chi connectivity index (χ1) is 14.3. The molecule has 30 heavy (non-hydrogen) atoms. The molecule has 0 aliphatic rings. The van der Waals surface area contributed by atoms with Crippen LogP contribution >= 0.6 is 11.6 Å². The summed E-state index contributed by atoms with van der Waals surface area (Å²) in [5.74, 6) is -0.361. The van der Waals surface area contributed by atoms with E-state index in [1.807, 2.05) is 25.3 Å². The van der Waals surface area contributed by atoms with E-state index in [1.165, 1.54) is 36.4 Å². The van der Waals surface area contributed by atoms with Gasteiger partial charge >= 0.3 is 0 Å². The smallest absolute Gasteiger partial charge is 0.275 e. The lowest BCUT2D eigenvalue weighted by molar-refractivity contribution is 0.102. The molecule has 4 rings (SSSR count). The molecule has 0 radical (unpaired) electrons. The molecule has 0 spiro atoms. The van der Waals surface area contributed by atoms with Crippen LogP contribution in [0.4, 0.5) is 11.5 Å². The highest BCUT2D eigenvalue weighted by atomic mass is 35.5. The van der Waals surface area contributed by atoms with Gasteiger partial charge in [-0.3, -0.25) is 9.52 Å². The van der Waals surface area contributed by atoms with Crippen LogP contribution in [0.1, 0.15) is 16.1 Å². The Kier molecular flexibility index (Phi) is 5.10. The number of anilines is 2. The van der Waals surface area contributed by atoms with Crippen molar-refractivity contribution in [1.29, 1.82) is 0 Å². The first-order valence-electron chi connectivity index (χ1n) is 8.69. The lowest BCUT2D eigenvalue weighted by Gasteiger charge is -2.08. The molecule has 0 unspecified atom stereocenters. The predicted molar refractivity (Wildman–Crippen MR) is 112 cm³/mol. The van der Waals surface area contributed by atoms with Crippen molar-refractivity contribution in [2.45, 2.75) is 11.8 Å². The largest absolute Gasteiger partial charge is 0.321 e. The molecular weight excluding hydrogens is 428 g/mol. The molecule has 9 nitrogen and oxygen atoms in total. The van der Waals surface area contributed by atoms with Crippen LogP contribution in [0.25, 0.3) is 5.65 Å². The number of pyridine rings is 1. The van der Waals surface area contributed by atoms with E-state index in [1.54, 1.807) is 10.6 Å². The van der Waals surface area contributed by atoms with Gasteiger partial charge in [0.05, 0.1) is 4.90 Å². The molecule has 3 aromatic heterocycles. The third-order valence-corrected chi connectivity index (χ3v) is 5.71. The fourth-order valence-corrected chi connectivity index (χ4v) is 3.77. The number of rotatable bonds is 5. The number of imidazole rings is 1. The Labute approximate surface area is 176 Å². The van der Waals surface area contributed by atoms with Crippen LogP contribution in [0.5, 0.6) is 0 Å². The Morgan fingerprint density at radius 2 is 1.83 bits per heavy atom. The lowest BCUT2D eigenvalue weighted by atomic mass is 10.3. The van der Waals surface area contributed by atoms with Crippen molar-refractivity contribution in [3.8, 4) is 0 Å². The van der Waals surface area contributed by atoms with Crippen LogP contribution in [0.15, 0.2) is 65.8 Å². The van der Waals surface area contributed by atoms with Crippen LogP contribution < -0.4 is 10.0 Å². The maximum atomic E-state index is 12.5. The van der Waals surface area contributed by atoms with Crippen LogP contribution in [-0.2, 0) is 10.0 Å². The second-order valence-corrected chi connectivity index (χ2v) is 8.49. The molecule has 0 aliphatic carbocycles. The summed E-state index contributed by atoms with van der Waals surface area (Å²) >= 11 is 5.64. The molecule has 0 saturated carbocycles. The quantitative estimate of drug-likeness (QED) is 0.490. The zero-order valence-corrected chi connectivity index (χ0v) is 17.1. The minimum atomic E-state index is -3.87. The van der Waals surface area contributed by atoms with Gasteiger partial charge in [0.15, 0.2) is 11.0 Å². The number of aryl methyl sites for hydroxylation is 1. The first-order valence-corrected chi connectivity index (χ1v) is 10.6. The molecule has 1 aromatic carbocycles. The van der Waals surface area contributed by atoms with E-state index in [9.17, 15) is 13.2 Å². The van der Waals surface area contributed by atoms with Crippen molar-refractivity contribution < 1.29 is 13.2 Å². The average molecular weight is 443 g/mol. The summed E-state index contributed by atoms with van der Waals surface area (Å²) in [6.45, 7) is 1.94. The molecule has 4 aromatic rings. The summed E-state index contributed by atoms with van der Waals surface area (Å²) in [6.07, 6.45) is 3.45. The Balaban J connectivity index is 1.48. The SMILES string of the molecule is Cc1ccn2cc(C(=O)Nc3ccc(S(=O)(=O)Nc4ccc(Cl)nn4)cc3)nc2c1. The Hall–Kier alpha value is -3.50. The number of benzene rings is 1. The van der Waals surface area contributed by atoms with E-state index in [0.29, 0.717) is 11.3 Å². The number of hydrogen-bond acceptors (Lipinski definition) is 6. The van der Waals surface area contributed by atoms with Crippen LogP contribution in [0.2, 0.25) is 5.15 Å². The minimum absolute atomic E-state index is 0.000421. The van der Waals surface area contributed by atoms with Gasteiger partial charge in [0.25, 0.3) is 15.9 Å².